The minimum absolute atomic E-state index is 0.153. The fourth-order valence-electron chi connectivity index (χ4n) is 3.25. The molecule has 162 valence electrons. The summed E-state index contributed by atoms with van der Waals surface area (Å²) < 4.78 is 12.9. The van der Waals surface area contributed by atoms with Gasteiger partial charge >= 0.3 is 0 Å². The highest BCUT2D eigenvalue weighted by molar-refractivity contribution is 6.04. The van der Waals surface area contributed by atoms with E-state index < -0.39 is 0 Å². The van der Waals surface area contributed by atoms with Crippen LogP contribution in [0.25, 0.3) is 5.95 Å². The summed E-state index contributed by atoms with van der Waals surface area (Å²) in [6.07, 6.45) is 5.54. The molecule has 8 nitrogen and oxygen atoms in total. The van der Waals surface area contributed by atoms with E-state index in [9.17, 15) is 4.79 Å². The number of aromatic nitrogens is 4. The van der Waals surface area contributed by atoms with Crippen LogP contribution >= 0.6 is 0 Å². The van der Waals surface area contributed by atoms with Gasteiger partial charge in [-0.3, -0.25) is 4.79 Å². The third-order valence-electron chi connectivity index (χ3n) is 5.04. The number of carbonyl (C=O) groups is 1. The first kappa shape index (κ1) is 21.0. The van der Waals surface area contributed by atoms with Gasteiger partial charge in [-0.25, -0.2) is 9.97 Å². The topological polar surface area (TPSA) is 91.2 Å². The van der Waals surface area contributed by atoms with Gasteiger partial charge in [0.05, 0.1) is 11.8 Å². The summed E-state index contributed by atoms with van der Waals surface area (Å²) in [6, 6.07) is 10.7. The van der Waals surface area contributed by atoms with Crippen molar-refractivity contribution in [1.29, 1.82) is 0 Å². The summed E-state index contributed by atoms with van der Waals surface area (Å²) in [5, 5.41) is 7.55. The zero-order valence-electron chi connectivity index (χ0n) is 18.0. The van der Waals surface area contributed by atoms with Crippen molar-refractivity contribution in [3.05, 3.63) is 60.0 Å². The molecule has 1 saturated heterocycles. The predicted molar refractivity (Wildman–Crippen MR) is 117 cm³/mol. The lowest BCUT2D eigenvalue weighted by atomic mass is 9.92. The number of rotatable bonds is 6. The van der Waals surface area contributed by atoms with Gasteiger partial charge in [0.1, 0.15) is 18.2 Å². The van der Waals surface area contributed by atoms with Crippen LogP contribution in [0.4, 0.5) is 5.82 Å². The van der Waals surface area contributed by atoms with Crippen molar-refractivity contribution in [1.82, 2.24) is 19.7 Å². The molecule has 1 aromatic carbocycles. The molecule has 1 N–H and O–H groups in total. The average molecular weight is 422 g/mol. The van der Waals surface area contributed by atoms with Crippen molar-refractivity contribution in [3.63, 3.8) is 0 Å². The lowest BCUT2D eigenvalue weighted by Crippen LogP contribution is -2.17. The van der Waals surface area contributed by atoms with Crippen molar-refractivity contribution >= 4 is 11.7 Å². The van der Waals surface area contributed by atoms with Crippen molar-refractivity contribution in [2.75, 3.05) is 18.5 Å². The highest BCUT2D eigenvalue weighted by Gasteiger charge is 2.22. The second-order valence-electron chi connectivity index (χ2n) is 8.55. The summed E-state index contributed by atoms with van der Waals surface area (Å²) in [6.45, 7) is 7.51. The molecule has 8 heteroatoms. The molecular weight excluding hydrogens is 394 g/mol. The highest BCUT2D eigenvalue weighted by Crippen LogP contribution is 2.26. The Morgan fingerprint density at radius 1 is 1.23 bits per heavy atom. The smallest absolute Gasteiger partial charge is 0.256 e. The third kappa shape index (κ3) is 5.08. The number of nitrogens with one attached hydrogen (secondary N) is 1. The normalized spacial score (nSPS) is 16.3. The van der Waals surface area contributed by atoms with Crippen molar-refractivity contribution in [3.8, 4) is 11.7 Å². The molecule has 1 aliphatic rings. The zero-order valence-corrected chi connectivity index (χ0v) is 18.0. The molecule has 0 radical (unpaired) electrons. The fraction of sp³-hybridized carbons (Fsp3) is 0.391. The summed E-state index contributed by atoms with van der Waals surface area (Å²) in [7, 11) is 0. The van der Waals surface area contributed by atoms with E-state index in [0.29, 0.717) is 29.7 Å². The Morgan fingerprint density at radius 2 is 1.97 bits per heavy atom. The van der Waals surface area contributed by atoms with Crippen LogP contribution in [-0.4, -0.2) is 45.0 Å². The van der Waals surface area contributed by atoms with E-state index in [0.717, 1.165) is 25.1 Å². The van der Waals surface area contributed by atoms with Crippen LogP contribution in [0.1, 0.15) is 49.7 Å². The molecule has 1 unspecified atom stereocenters. The van der Waals surface area contributed by atoms with Crippen molar-refractivity contribution in [2.24, 2.45) is 0 Å². The number of carbonyl (C=O) groups excluding carboxylic acids is 1. The summed E-state index contributed by atoms with van der Waals surface area (Å²) in [5.41, 5.74) is 1.15. The van der Waals surface area contributed by atoms with Crippen LogP contribution in [-0.2, 0) is 10.2 Å². The molecule has 1 amide bonds. The molecule has 3 aromatic rings. The van der Waals surface area contributed by atoms with Gasteiger partial charge in [0, 0.05) is 36.0 Å². The van der Waals surface area contributed by atoms with E-state index in [1.54, 1.807) is 47.4 Å². The standard InChI is InChI=1S/C23H27N5O3/c1-23(2,3)19-14-20(28(27-19)22-24-11-5-12-25-22)26-21(29)16-7-9-17(10-8-16)31-15-18-6-4-13-30-18/h5,7-12,14,18H,4,6,13,15H2,1-3H3,(H,26,29). The van der Waals surface area contributed by atoms with E-state index in [1.807, 2.05) is 6.07 Å². The van der Waals surface area contributed by atoms with Gasteiger partial charge < -0.3 is 14.8 Å². The van der Waals surface area contributed by atoms with Crippen LogP contribution in [0.5, 0.6) is 5.75 Å². The Bertz CT molecular complexity index is 1020. The molecule has 1 fully saturated rings. The number of anilines is 1. The maximum atomic E-state index is 12.9. The summed E-state index contributed by atoms with van der Waals surface area (Å²) >= 11 is 0. The number of ether oxygens (including phenoxy) is 2. The predicted octanol–water partition coefficient (Wildman–Crippen LogP) is 3.77. The fourth-order valence-corrected chi connectivity index (χ4v) is 3.25. The molecule has 1 aliphatic heterocycles. The maximum absolute atomic E-state index is 12.9. The first-order valence-electron chi connectivity index (χ1n) is 10.4. The lowest BCUT2D eigenvalue weighted by Gasteiger charge is -2.13. The minimum atomic E-state index is -0.247. The van der Waals surface area contributed by atoms with Crippen LogP contribution in [0.3, 0.4) is 0 Å². The van der Waals surface area contributed by atoms with Gasteiger partial charge in [-0.05, 0) is 43.2 Å². The highest BCUT2D eigenvalue weighted by atomic mass is 16.5. The maximum Gasteiger partial charge on any atom is 0.256 e. The van der Waals surface area contributed by atoms with Crippen molar-refractivity contribution < 1.29 is 14.3 Å². The van der Waals surface area contributed by atoms with Crippen LogP contribution < -0.4 is 10.1 Å². The van der Waals surface area contributed by atoms with E-state index in [1.165, 1.54) is 0 Å². The van der Waals surface area contributed by atoms with E-state index in [-0.39, 0.29) is 17.4 Å². The Hall–Kier alpha value is -3.26. The Morgan fingerprint density at radius 3 is 2.61 bits per heavy atom. The lowest BCUT2D eigenvalue weighted by molar-refractivity contribution is 0.0679. The zero-order chi connectivity index (χ0) is 21.8. The van der Waals surface area contributed by atoms with E-state index in [4.69, 9.17) is 9.47 Å². The van der Waals surface area contributed by atoms with Gasteiger partial charge in [0.2, 0.25) is 0 Å². The summed E-state index contributed by atoms with van der Waals surface area (Å²) in [4.78, 5) is 21.4. The van der Waals surface area contributed by atoms with Crippen LogP contribution in [0, 0.1) is 0 Å². The molecule has 0 bridgehead atoms. The number of amides is 1. The van der Waals surface area contributed by atoms with Gasteiger partial charge in [0.15, 0.2) is 0 Å². The van der Waals surface area contributed by atoms with Gasteiger partial charge in [-0.15, -0.1) is 0 Å². The van der Waals surface area contributed by atoms with Gasteiger partial charge in [-0.1, -0.05) is 20.8 Å². The first-order valence-corrected chi connectivity index (χ1v) is 10.4. The average Bonchev–Trinajstić information content (AvgIpc) is 3.43. The third-order valence-corrected chi connectivity index (χ3v) is 5.04. The Labute approximate surface area is 181 Å². The molecule has 31 heavy (non-hydrogen) atoms. The molecule has 0 spiro atoms. The second kappa shape index (κ2) is 8.85. The largest absolute Gasteiger partial charge is 0.491 e. The number of nitrogens with zero attached hydrogens (tertiary/aromatic N) is 4. The SMILES string of the molecule is CC(C)(C)c1cc(NC(=O)c2ccc(OCC3CCCO3)cc2)n(-c2ncccn2)n1. The number of hydrogen-bond acceptors (Lipinski definition) is 6. The molecule has 2 aromatic heterocycles. The van der Waals surface area contributed by atoms with Crippen LogP contribution in [0.15, 0.2) is 48.8 Å². The Kier molecular flexibility index (Phi) is 5.99. The number of hydrogen-bond donors (Lipinski definition) is 1. The molecular formula is C23H27N5O3. The second-order valence-corrected chi connectivity index (χ2v) is 8.55. The van der Waals surface area contributed by atoms with Crippen LogP contribution in [0.2, 0.25) is 0 Å². The van der Waals surface area contributed by atoms with Crippen molar-refractivity contribution in [2.45, 2.75) is 45.1 Å². The van der Waals surface area contributed by atoms with Gasteiger partial charge in [-0.2, -0.15) is 9.78 Å². The van der Waals surface area contributed by atoms with Gasteiger partial charge in [0.25, 0.3) is 11.9 Å². The van der Waals surface area contributed by atoms with E-state index >= 15 is 0 Å². The number of benzene rings is 1. The monoisotopic (exact) mass is 421 g/mol. The molecule has 4 rings (SSSR count). The quantitative estimate of drug-likeness (QED) is 0.651. The summed E-state index contributed by atoms with van der Waals surface area (Å²) in [5.74, 6) is 1.37. The molecule has 3 heterocycles. The molecule has 1 atom stereocenters. The Balaban J connectivity index is 1.49. The first-order chi connectivity index (χ1) is 14.9. The minimum Gasteiger partial charge on any atom is -0.491 e. The van der Waals surface area contributed by atoms with E-state index in [2.05, 4.69) is 41.2 Å². The molecule has 0 aliphatic carbocycles. The molecule has 0 saturated carbocycles.